The smallest absolute Gasteiger partial charge is 0.224 e. The highest BCUT2D eigenvalue weighted by molar-refractivity contribution is 6.35. The number of halogens is 2. The first kappa shape index (κ1) is 23.4. The number of hydrogen-bond acceptors (Lipinski definition) is 4. The summed E-state index contributed by atoms with van der Waals surface area (Å²) in [5, 5.41) is 12.9. The van der Waals surface area contributed by atoms with Crippen molar-refractivity contribution in [3.8, 4) is 6.07 Å². The summed E-state index contributed by atoms with van der Waals surface area (Å²) in [5.41, 5.74) is 0.556. The number of ketones is 2. The molecule has 1 amide bonds. The predicted octanol–water partition coefficient (Wildman–Crippen LogP) is 5.11. The van der Waals surface area contributed by atoms with Crippen molar-refractivity contribution in [3.05, 3.63) is 34.7 Å². The summed E-state index contributed by atoms with van der Waals surface area (Å²) >= 11 is 6.12. The van der Waals surface area contributed by atoms with Crippen molar-refractivity contribution in [2.45, 2.75) is 63.8 Å². The maximum absolute atomic E-state index is 14.1. The molecule has 2 aliphatic carbocycles. The zero-order valence-corrected chi connectivity index (χ0v) is 19.1. The van der Waals surface area contributed by atoms with Gasteiger partial charge in [-0.15, -0.1) is 0 Å². The number of rotatable bonds is 9. The van der Waals surface area contributed by atoms with E-state index in [1.807, 2.05) is 0 Å². The number of aromatic amines is 1. The van der Waals surface area contributed by atoms with Gasteiger partial charge in [0.1, 0.15) is 17.6 Å². The highest BCUT2D eigenvalue weighted by Crippen LogP contribution is 2.37. The number of hydrogen-bond donors (Lipinski definition) is 2. The minimum absolute atomic E-state index is 0.0467. The van der Waals surface area contributed by atoms with E-state index < -0.39 is 17.8 Å². The van der Waals surface area contributed by atoms with Crippen molar-refractivity contribution >= 4 is 40.0 Å². The molecule has 1 aromatic carbocycles. The van der Waals surface area contributed by atoms with E-state index in [0.29, 0.717) is 35.7 Å². The number of Topliss-reactive ketones (excluding diaryl/α,β-unsaturated/α-hetero) is 2. The molecule has 0 spiro atoms. The van der Waals surface area contributed by atoms with Crippen molar-refractivity contribution in [2.24, 2.45) is 17.8 Å². The number of benzene rings is 1. The number of amides is 1. The van der Waals surface area contributed by atoms with Gasteiger partial charge in [-0.05, 0) is 49.8 Å². The third kappa shape index (κ3) is 5.62. The molecule has 0 saturated heterocycles. The van der Waals surface area contributed by atoms with Gasteiger partial charge in [-0.3, -0.25) is 14.4 Å². The van der Waals surface area contributed by atoms with E-state index in [0.717, 1.165) is 32.1 Å². The van der Waals surface area contributed by atoms with Gasteiger partial charge < -0.3 is 10.3 Å². The van der Waals surface area contributed by atoms with Crippen molar-refractivity contribution < 1.29 is 18.8 Å². The molecule has 2 fully saturated rings. The Balaban J connectivity index is 1.45. The Bertz CT molecular complexity index is 1080. The van der Waals surface area contributed by atoms with Gasteiger partial charge in [0.15, 0.2) is 5.78 Å². The van der Waals surface area contributed by atoms with Crippen molar-refractivity contribution in [3.63, 3.8) is 0 Å². The number of nitriles is 1. The molecule has 0 aliphatic heterocycles. The summed E-state index contributed by atoms with van der Waals surface area (Å²) in [6.07, 6.45) is 5.98. The van der Waals surface area contributed by atoms with E-state index in [-0.39, 0.29) is 40.9 Å². The molecular weight excluding hydrogens is 445 g/mol. The number of nitrogens with one attached hydrogen (secondary N) is 2. The van der Waals surface area contributed by atoms with Crippen LogP contribution < -0.4 is 5.32 Å². The minimum atomic E-state index is -0.762. The predicted molar refractivity (Wildman–Crippen MR) is 122 cm³/mol. The Labute approximate surface area is 196 Å². The number of nitrogens with zero attached hydrogens (tertiary/aromatic N) is 1. The second-order valence-corrected chi connectivity index (χ2v) is 9.75. The van der Waals surface area contributed by atoms with E-state index in [1.54, 1.807) is 0 Å². The van der Waals surface area contributed by atoms with E-state index in [4.69, 9.17) is 11.6 Å². The first-order valence-corrected chi connectivity index (χ1v) is 12.0. The number of aromatic nitrogens is 1. The highest BCUT2D eigenvalue weighted by atomic mass is 35.5. The summed E-state index contributed by atoms with van der Waals surface area (Å²) in [5.74, 6) is -1.36. The van der Waals surface area contributed by atoms with Gasteiger partial charge in [0.25, 0.3) is 0 Å². The zero-order valence-electron chi connectivity index (χ0n) is 18.3. The quantitative estimate of drug-likeness (QED) is 0.496. The third-order valence-electron chi connectivity index (χ3n) is 6.78. The van der Waals surface area contributed by atoms with Crippen LogP contribution in [-0.2, 0) is 9.59 Å². The summed E-state index contributed by atoms with van der Waals surface area (Å²) in [7, 11) is 0. The fraction of sp³-hybridized carbons (Fsp3) is 0.520. The lowest BCUT2D eigenvalue weighted by Gasteiger charge is -2.24. The Morgan fingerprint density at radius 1 is 1.24 bits per heavy atom. The normalized spacial score (nSPS) is 20.3. The zero-order chi connectivity index (χ0) is 23.5. The molecular formula is C25H27ClFN3O3. The van der Waals surface area contributed by atoms with Crippen molar-refractivity contribution in [1.29, 1.82) is 5.26 Å². The van der Waals surface area contributed by atoms with Gasteiger partial charge in [0, 0.05) is 30.1 Å². The van der Waals surface area contributed by atoms with E-state index in [1.165, 1.54) is 18.2 Å². The van der Waals surface area contributed by atoms with Crippen LogP contribution in [0.4, 0.5) is 4.39 Å². The molecule has 8 heteroatoms. The Morgan fingerprint density at radius 3 is 2.70 bits per heavy atom. The molecule has 2 saturated carbocycles. The molecule has 0 unspecified atom stereocenters. The number of fused-ring (bicyclic) bond motifs is 1. The van der Waals surface area contributed by atoms with Gasteiger partial charge in [0.2, 0.25) is 5.91 Å². The molecule has 4 rings (SSSR count). The lowest BCUT2D eigenvalue weighted by molar-refractivity contribution is -0.127. The summed E-state index contributed by atoms with van der Waals surface area (Å²) in [6.45, 7) is 0. The second-order valence-electron chi connectivity index (χ2n) is 9.34. The number of carbonyl (C=O) groups is 3. The van der Waals surface area contributed by atoms with Gasteiger partial charge >= 0.3 is 0 Å². The standard InChI is InChI=1S/C25H27ClFN3O3/c26-19-7-8-20(27)18-12-21(30-24(18)19)23(32)11-16(9-14-5-6-14)25(33)29-17(13-28)10-15-3-1-2-4-22(15)31/h7-8,12,14-17,30H,1-6,9-11H2,(H,29,33)/t15-,16+,17-/m0/s1. The van der Waals surface area contributed by atoms with Gasteiger partial charge in [0.05, 0.1) is 22.3 Å². The van der Waals surface area contributed by atoms with E-state index >= 15 is 0 Å². The fourth-order valence-corrected chi connectivity index (χ4v) is 4.91. The Hall–Kier alpha value is -2.72. The van der Waals surface area contributed by atoms with Crippen LogP contribution in [0.1, 0.15) is 68.3 Å². The van der Waals surface area contributed by atoms with Crippen LogP contribution in [0.15, 0.2) is 18.2 Å². The number of H-pyrrole nitrogens is 1. The average molecular weight is 472 g/mol. The highest BCUT2D eigenvalue weighted by Gasteiger charge is 2.33. The van der Waals surface area contributed by atoms with Crippen LogP contribution in [-0.4, -0.2) is 28.5 Å². The largest absolute Gasteiger partial charge is 0.351 e. The molecule has 3 atom stereocenters. The number of carbonyl (C=O) groups excluding carboxylic acids is 3. The van der Waals surface area contributed by atoms with Gasteiger partial charge in [-0.1, -0.05) is 30.9 Å². The van der Waals surface area contributed by atoms with E-state index in [2.05, 4.69) is 16.4 Å². The fourth-order valence-electron chi connectivity index (χ4n) is 4.70. The topological polar surface area (TPSA) is 103 Å². The van der Waals surface area contributed by atoms with Crippen molar-refractivity contribution in [1.82, 2.24) is 10.3 Å². The van der Waals surface area contributed by atoms with Crippen LogP contribution in [0.2, 0.25) is 5.02 Å². The summed E-state index contributed by atoms with van der Waals surface area (Å²) in [4.78, 5) is 41.1. The molecule has 0 radical (unpaired) electrons. The van der Waals surface area contributed by atoms with Gasteiger partial charge in [-0.2, -0.15) is 5.26 Å². The molecule has 2 N–H and O–H groups in total. The van der Waals surface area contributed by atoms with E-state index in [9.17, 15) is 24.0 Å². The lowest BCUT2D eigenvalue weighted by atomic mass is 9.83. The van der Waals surface area contributed by atoms with Crippen LogP contribution in [0, 0.1) is 34.9 Å². The summed E-state index contributed by atoms with van der Waals surface area (Å²) in [6, 6.07) is 5.44. The Morgan fingerprint density at radius 2 is 2.03 bits per heavy atom. The van der Waals surface area contributed by atoms with Crippen LogP contribution >= 0.6 is 11.6 Å². The third-order valence-corrected chi connectivity index (χ3v) is 7.10. The molecule has 6 nitrogen and oxygen atoms in total. The van der Waals surface area contributed by atoms with Crippen LogP contribution in [0.5, 0.6) is 0 Å². The molecule has 174 valence electrons. The minimum Gasteiger partial charge on any atom is -0.351 e. The molecule has 0 bridgehead atoms. The molecule has 1 heterocycles. The average Bonchev–Trinajstić information content (AvgIpc) is 3.49. The first-order valence-electron chi connectivity index (χ1n) is 11.6. The molecule has 33 heavy (non-hydrogen) atoms. The SMILES string of the molecule is N#C[C@H](C[C@@H]1CCCCC1=O)NC(=O)[C@@H](CC(=O)c1cc2c(F)ccc(Cl)c2[nH]1)CC1CC1. The molecule has 2 aromatic rings. The van der Waals surface area contributed by atoms with Crippen LogP contribution in [0.3, 0.4) is 0 Å². The maximum Gasteiger partial charge on any atom is 0.224 e. The molecule has 2 aliphatic rings. The Kier molecular flexibility index (Phi) is 7.14. The van der Waals surface area contributed by atoms with Crippen LogP contribution in [0.25, 0.3) is 10.9 Å². The maximum atomic E-state index is 14.1. The monoisotopic (exact) mass is 471 g/mol. The second kappa shape index (κ2) is 10.0. The lowest BCUT2D eigenvalue weighted by Crippen LogP contribution is -2.41. The van der Waals surface area contributed by atoms with Crippen molar-refractivity contribution in [2.75, 3.05) is 0 Å². The molecule has 1 aromatic heterocycles. The first-order chi connectivity index (χ1) is 15.9. The summed E-state index contributed by atoms with van der Waals surface area (Å²) < 4.78 is 14.1. The van der Waals surface area contributed by atoms with Gasteiger partial charge in [-0.25, -0.2) is 4.39 Å².